The average molecular weight is 392 g/mol. The van der Waals surface area contributed by atoms with Gasteiger partial charge in [-0.3, -0.25) is 5.41 Å². The van der Waals surface area contributed by atoms with Gasteiger partial charge in [-0.1, -0.05) is 29.3 Å². The Bertz CT molecular complexity index is 710. The third kappa shape index (κ3) is 3.87. The van der Waals surface area contributed by atoms with Crippen molar-refractivity contribution >= 4 is 45.0 Å². The van der Waals surface area contributed by atoms with Crippen molar-refractivity contribution in [3.63, 3.8) is 0 Å². The minimum atomic E-state index is -0.464. The van der Waals surface area contributed by atoms with E-state index in [1.165, 1.54) is 18.2 Å². The average Bonchev–Trinajstić information content (AvgIpc) is 2.42. The van der Waals surface area contributed by atoms with Gasteiger partial charge in [0.2, 0.25) is 0 Å². The van der Waals surface area contributed by atoms with Gasteiger partial charge in [0, 0.05) is 21.7 Å². The van der Waals surface area contributed by atoms with E-state index in [1.807, 2.05) is 0 Å². The van der Waals surface area contributed by atoms with E-state index in [0.717, 1.165) is 0 Å². The van der Waals surface area contributed by atoms with Gasteiger partial charge in [-0.15, -0.1) is 0 Å². The number of ether oxygens (including phenoxy) is 1. The van der Waals surface area contributed by atoms with Crippen LogP contribution in [-0.2, 0) is 6.61 Å². The summed E-state index contributed by atoms with van der Waals surface area (Å²) in [6.07, 6.45) is 0. The van der Waals surface area contributed by atoms with E-state index in [-0.39, 0.29) is 18.0 Å². The van der Waals surface area contributed by atoms with Crippen molar-refractivity contribution in [1.82, 2.24) is 0 Å². The summed E-state index contributed by atoms with van der Waals surface area (Å²) < 4.78 is 19.4. The van der Waals surface area contributed by atoms with Gasteiger partial charge in [0.1, 0.15) is 24.0 Å². The first-order valence-electron chi connectivity index (χ1n) is 5.78. The molecule has 0 atom stereocenters. The number of amidine groups is 1. The van der Waals surface area contributed by atoms with Crippen LogP contribution in [0, 0.1) is 11.2 Å². The zero-order valence-electron chi connectivity index (χ0n) is 10.6. The largest absolute Gasteiger partial charge is 0.487 e. The van der Waals surface area contributed by atoms with Crippen molar-refractivity contribution in [2.45, 2.75) is 6.61 Å². The van der Waals surface area contributed by atoms with Crippen LogP contribution < -0.4 is 10.5 Å². The second kappa shape index (κ2) is 6.64. The highest BCUT2D eigenvalue weighted by molar-refractivity contribution is 9.10. The predicted molar refractivity (Wildman–Crippen MR) is 85.9 cm³/mol. The van der Waals surface area contributed by atoms with Crippen LogP contribution in [-0.4, -0.2) is 5.84 Å². The molecule has 0 aliphatic rings. The second-order valence-corrected chi connectivity index (χ2v) is 5.87. The molecule has 0 aromatic heterocycles. The summed E-state index contributed by atoms with van der Waals surface area (Å²) in [5.74, 6) is -0.301. The Labute approximate surface area is 139 Å². The molecule has 0 aliphatic carbocycles. The maximum atomic E-state index is 13.2. The van der Waals surface area contributed by atoms with Crippen molar-refractivity contribution in [3.8, 4) is 5.75 Å². The Balaban J connectivity index is 2.25. The Morgan fingerprint density at radius 2 is 1.95 bits per heavy atom. The van der Waals surface area contributed by atoms with Gasteiger partial charge in [-0.05, 0) is 34.1 Å². The zero-order chi connectivity index (χ0) is 15.6. The first-order valence-corrected chi connectivity index (χ1v) is 7.33. The minimum absolute atomic E-state index is 0.0902. The fourth-order valence-corrected chi connectivity index (χ4v) is 2.54. The summed E-state index contributed by atoms with van der Waals surface area (Å²) >= 11 is 15.3. The molecule has 7 heteroatoms. The Hall–Kier alpha value is -1.30. The van der Waals surface area contributed by atoms with Crippen LogP contribution in [0.1, 0.15) is 11.1 Å². The van der Waals surface area contributed by atoms with E-state index in [1.54, 1.807) is 12.1 Å². The molecule has 3 N–H and O–H groups in total. The van der Waals surface area contributed by atoms with Crippen LogP contribution in [0.5, 0.6) is 5.75 Å². The van der Waals surface area contributed by atoms with Crippen molar-refractivity contribution in [2.75, 3.05) is 0 Å². The predicted octanol–water partition coefficient (Wildman–Crippen LogP) is 4.76. The van der Waals surface area contributed by atoms with Gasteiger partial charge < -0.3 is 10.5 Å². The summed E-state index contributed by atoms with van der Waals surface area (Å²) in [6, 6.07) is 7.18. The number of hydrogen-bond acceptors (Lipinski definition) is 2. The molecule has 21 heavy (non-hydrogen) atoms. The van der Waals surface area contributed by atoms with E-state index < -0.39 is 5.82 Å². The topological polar surface area (TPSA) is 59.1 Å². The van der Waals surface area contributed by atoms with Gasteiger partial charge in [0.25, 0.3) is 0 Å². The molecule has 0 bridgehead atoms. The normalized spacial score (nSPS) is 10.5. The number of nitrogens with two attached hydrogens (primary N) is 1. The standard InChI is InChI=1S/C14H10BrCl2FN2O/c15-10-4-12(17)13(5-11(10)16)21-6-7-1-2-8(18)3-9(7)14(19)20/h1-5H,6H2,(H3,19,20). The number of nitrogen functional groups attached to an aromatic ring is 1. The number of halogens is 4. The van der Waals surface area contributed by atoms with E-state index >= 15 is 0 Å². The highest BCUT2D eigenvalue weighted by Crippen LogP contribution is 2.34. The molecular formula is C14H10BrCl2FN2O. The molecule has 2 aromatic rings. The lowest BCUT2D eigenvalue weighted by atomic mass is 10.1. The van der Waals surface area contributed by atoms with Crippen LogP contribution in [0.2, 0.25) is 10.0 Å². The summed E-state index contributed by atoms with van der Waals surface area (Å²) in [5, 5.41) is 8.31. The molecule has 3 nitrogen and oxygen atoms in total. The fraction of sp³-hybridized carbons (Fsp3) is 0.0714. The van der Waals surface area contributed by atoms with Crippen molar-refractivity contribution in [3.05, 3.63) is 61.8 Å². The number of rotatable bonds is 4. The van der Waals surface area contributed by atoms with Crippen LogP contribution in [0.25, 0.3) is 0 Å². The molecule has 0 amide bonds. The van der Waals surface area contributed by atoms with E-state index in [9.17, 15) is 4.39 Å². The monoisotopic (exact) mass is 390 g/mol. The van der Waals surface area contributed by atoms with Crippen molar-refractivity contribution < 1.29 is 9.13 Å². The molecule has 0 unspecified atom stereocenters. The van der Waals surface area contributed by atoms with E-state index in [0.29, 0.717) is 25.8 Å². The lowest BCUT2D eigenvalue weighted by Gasteiger charge is -2.12. The van der Waals surface area contributed by atoms with Gasteiger partial charge in [-0.2, -0.15) is 0 Å². The SMILES string of the molecule is N=C(N)c1cc(F)ccc1COc1cc(Cl)c(Br)cc1Cl. The molecular weight excluding hydrogens is 382 g/mol. The second-order valence-electron chi connectivity index (χ2n) is 4.20. The van der Waals surface area contributed by atoms with Crippen molar-refractivity contribution in [1.29, 1.82) is 5.41 Å². The Kier molecular flexibility index (Phi) is 5.08. The Morgan fingerprint density at radius 3 is 2.62 bits per heavy atom. The smallest absolute Gasteiger partial charge is 0.139 e. The molecule has 110 valence electrons. The lowest BCUT2D eigenvalue weighted by Crippen LogP contribution is -2.15. The van der Waals surface area contributed by atoms with Crippen molar-refractivity contribution in [2.24, 2.45) is 5.73 Å². The minimum Gasteiger partial charge on any atom is -0.487 e. The van der Waals surface area contributed by atoms with Gasteiger partial charge in [0.05, 0.1) is 10.0 Å². The molecule has 2 rings (SSSR count). The summed E-state index contributed by atoms with van der Waals surface area (Å²) in [7, 11) is 0. The van der Waals surface area contributed by atoms with Crippen LogP contribution in [0.4, 0.5) is 4.39 Å². The maximum absolute atomic E-state index is 13.2. The highest BCUT2D eigenvalue weighted by atomic mass is 79.9. The zero-order valence-corrected chi connectivity index (χ0v) is 13.7. The Morgan fingerprint density at radius 1 is 1.24 bits per heavy atom. The first kappa shape index (κ1) is 16.1. The molecule has 0 saturated carbocycles. The first-order chi connectivity index (χ1) is 9.88. The number of benzene rings is 2. The molecule has 0 radical (unpaired) electrons. The van der Waals surface area contributed by atoms with Gasteiger partial charge in [-0.25, -0.2) is 4.39 Å². The molecule has 0 spiro atoms. The summed E-state index contributed by atoms with van der Waals surface area (Å²) in [6.45, 7) is 0.0902. The molecule has 0 aliphatic heterocycles. The lowest BCUT2D eigenvalue weighted by molar-refractivity contribution is 0.306. The quantitative estimate of drug-likeness (QED) is 0.448. The third-order valence-electron chi connectivity index (χ3n) is 2.72. The van der Waals surface area contributed by atoms with Gasteiger partial charge in [0.15, 0.2) is 0 Å². The number of nitrogens with one attached hydrogen (secondary N) is 1. The molecule has 0 fully saturated rings. The molecule has 2 aromatic carbocycles. The molecule has 0 heterocycles. The summed E-state index contributed by atoms with van der Waals surface area (Å²) in [5.41, 5.74) is 6.30. The highest BCUT2D eigenvalue weighted by Gasteiger charge is 2.11. The van der Waals surface area contributed by atoms with Crippen LogP contribution in [0.3, 0.4) is 0 Å². The van der Waals surface area contributed by atoms with Gasteiger partial charge >= 0.3 is 0 Å². The maximum Gasteiger partial charge on any atom is 0.139 e. The third-order valence-corrected chi connectivity index (χ3v) is 4.21. The summed E-state index contributed by atoms with van der Waals surface area (Å²) in [4.78, 5) is 0. The van der Waals surface area contributed by atoms with E-state index in [4.69, 9.17) is 39.1 Å². The van der Waals surface area contributed by atoms with Crippen LogP contribution >= 0.6 is 39.1 Å². The van der Waals surface area contributed by atoms with E-state index in [2.05, 4.69) is 15.9 Å². The molecule has 0 saturated heterocycles. The fourth-order valence-electron chi connectivity index (χ4n) is 1.70. The number of hydrogen-bond donors (Lipinski definition) is 2. The van der Waals surface area contributed by atoms with Crippen LogP contribution in [0.15, 0.2) is 34.8 Å².